The topological polar surface area (TPSA) is 76.0 Å². The van der Waals surface area contributed by atoms with Crippen molar-refractivity contribution in [3.05, 3.63) is 71.8 Å². The van der Waals surface area contributed by atoms with E-state index in [-0.39, 0.29) is 28.3 Å². The highest BCUT2D eigenvalue weighted by Crippen LogP contribution is 2.70. The summed E-state index contributed by atoms with van der Waals surface area (Å²) in [4.78, 5) is 19.8. The number of fused-ring (bicyclic) bond motifs is 1. The Hall–Kier alpha value is -2.67. The standard InChI is InChI=1S/C26H28N2O4S/c1-25(2)19-13-14-26(25)16-33(30,31)28(20(26)15-19)24(29)22-21(17-9-5-3-6-10-17)23(32-27-22)18-11-7-4-8-12-18/h3-12,19-21,23H,13-16H2,1-2H3/t19-,20-,21-,23+,26-/m1/s1. The van der Waals surface area contributed by atoms with Gasteiger partial charge < -0.3 is 4.84 Å². The van der Waals surface area contributed by atoms with Crippen molar-refractivity contribution in [1.29, 1.82) is 0 Å². The summed E-state index contributed by atoms with van der Waals surface area (Å²) in [5, 5.41) is 4.23. The number of amides is 1. The summed E-state index contributed by atoms with van der Waals surface area (Å²) in [6.07, 6.45) is 2.15. The summed E-state index contributed by atoms with van der Waals surface area (Å²) >= 11 is 0. The number of benzene rings is 2. The highest BCUT2D eigenvalue weighted by molar-refractivity contribution is 7.90. The molecule has 6 nitrogen and oxygen atoms in total. The van der Waals surface area contributed by atoms with E-state index in [4.69, 9.17) is 4.84 Å². The van der Waals surface area contributed by atoms with E-state index in [1.807, 2.05) is 60.7 Å². The molecule has 2 saturated carbocycles. The van der Waals surface area contributed by atoms with Crippen LogP contribution in [0, 0.1) is 16.7 Å². The van der Waals surface area contributed by atoms with E-state index in [0.717, 1.165) is 30.4 Å². The predicted octanol–water partition coefficient (Wildman–Crippen LogP) is 4.26. The van der Waals surface area contributed by atoms with Crippen LogP contribution in [0.1, 0.15) is 56.3 Å². The van der Waals surface area contributed by atoms with Crippen molar-refractivity contribution in [2.45, 2.75) is 51.2 Å². The molecule has 1 saturated heterocycles. The molecule has 5 atom stereocenters. The Morgan fingerprint density at radius 2 is 1.67 bits per heavy atom. The fraction of sp³-hybridized carbons (Fsp3) is 0.462. The number of oxime groups is 1. The average Bonchev–Trinajstić information content (AvgIpc) is 3.47. The fourth-order valence-electron chi connectivity index (χ4n) is 7.10. The molecular weight excluding hydrogens is 436 g/mol. The first kappa shape index (κ1) is 20.9. The van der Waals surface area contributed by atoms with Crippen molar-refractivity contribution in [2.24, 2.45) is 21.9 Å². The molecule has 4 aliphatic rings. The Kier molecular flexibility index (Phi) is 4.38. The zero-order valence-electron chi connectivity index (χ0n) is 18.8. The molecule has 2 aliphatic carbocycles. The number of carbonyl (C=O) groups is 1. The lowest BCUT2D eigenvalue weighted by atomic mass is 9.69. The first-order chi connectivity index (χ1) is 15.8. The number of hydrogen-bond acceptors (Lipinski definition) is 5. The molecule has 6 rings (SSSR count). The zero-order valence-corrected chi connectivity index (χ0v) is 19.7. The minimum absolute atomic E-state index is 0.0478. The Labute approximate surface area is 194 Å². The van der Waals surface area contributed by atoms with Crippen molar-refractivity contribution in [1.82, 2.24) is 4.31 Å². The number of nitrogens with zero attached hydrogens (tertiary/aromatic N) is 2. The van der Waals surface area contributed by atoms with E-state index < -0.39 is 28.0 Å². The van der Waals surface area contributed by atoms with Gasteiger partial charge in [-0.15, -0.1) is 0 Å². The second kappa shape index (κ2) is 6.92. The molecule has 7 heteroatoms. The molecule has 2 heterocycles. The maximum atomic E-state index is 14.0. The lowest BCUT2D eigenvalue weighted by Crippen LogP contribution is -2.47. The monoisotopic (exact) mass is 464 g/mol. The highest BCUT2D eigenvalue weighted by atomic mass is 32.2. The van der Waals surface area contributed by atoms with Gasteiger partial charge in [-0.1, -0.05) is 79.7 Å². The summed E-state index contributed by atoms with van der Waals surface area (Å²) in [7, 11) is -3.74. The molecule has 3 fully saturated rings. The maximum Gasteiger partial charge on any atom is 0.286 e. The molecule has 2 aromatic carbocycles. The van der Waals surface area contributed by atoms with Crippen LogP contribution in [0.25, 0.3) is 0 Å². The molecule has 0 aromatic heterocycles. The predicted molar refractivity (Wildman–Crippen MR) is 125 cm³/mol. The first-order valence-electron chi connectivity index (χ1n) is 11.7. The van der Waals surface area contributed by atoms with Crippen molar-refractivity contribution in [2.75, 3.05) is 5.75 Å². The Morgan fingerprint density at radius 3 is 2.30 bits per heavy atom. The van der Waals surface area contributed by atoms with Crippen LogP contribution >= 0.6 is 0 Å². The van der Waals surface area contributed by atoms with Crippen molar-refractivity contribution >= 4 is 21.6 Å². The summed E-state index contributed by atoms with van der Waals surface area (Å²) in [6, 6.07) is 19.0. The first-order valence-corrected chi connectivity index (χ1v) is 13.3. The lowest BCUT2D eigenvalue weighted by Gasteiger charge is -2.37. The average molecular weight is 465 g/mol. The van der Waals surface area contributed by atoms with E-state index in [0.29, 0.717) is 5.92 Å². The normalized spacial score (nSPS) is 35.2. The Morgan fingerprint density at radius 1 is 1.03 bits per heavy atom. The van der Waals surface area contributed by atoms with Gasteiger partial charge in [-0.05, 0) is 41.7 Å². The molecule has 0 N–H and O–H groups in total. The lowest BCUT2D eigenvalue weighted by molar-refractivity contribution is -0.122. The number of hydrogen-bond donors (Lipinski definition) is 0. The zero-order chi connectivity index (χ0) is 23.0. The van der Waals surface area contributed by atoms with Gasteiger partial charge in [-0.3, -0.25) is 4.79 Å². The second-order valence-electron chi connectivity index (χ2n) is 10.5. The summed E-state index contributed by atoms with van der Waals surface area (Å²) in [5.74, 6) is -0.504. The van der Waals surface area contributed by atoms with Crippen LogP contribution in [0.5, 0.6) is 0 Å². The number of carbonyl (C=O) groups excluding carboxylic acids is 1. The van der Waals surface area contributed by atoms with Gasteiger partial charge in [0.2, 0.25) is 10.0 Å². The molecule has 172 valence electrons. The molecule has 33 heavy (non-hydrogen) atoms. The smallest absolute Gasteiger partial charge is 0.286 e. The van der Waals surface area contributed by atoms with Crippen LogP contribution in [0.3, 0.4) is 0 Å². The molecule has 1 amide bonds. The Bertz CT molecular complexity index is 1240. The van der Waals surface area contributed by atoms with E-state index >= 15 is 0 Å². The van der Waals surface area contributed by atoms with Gasteiger partial charge in [0.1, 0.15) is 0 Å². The Balaban J connectivity index is 1.41. The van der Waals surface area contributed by atoms with Crippen LogP contribution in [0.15, 0.2) is 65.8 Å². The van der Waals surface area contributed by atoms with E-state index in [9.17, 15) is 13.2 Å². The summed E-state index contributed by atoms with van der Waals surface area (Å²) in [6.45, 7) is 4.37. The van der Waals surface area contributed by atoms with E-state index in [1.165, 1.54) is 4.31 Å². The van der Waals surface area contributed by atoms with Gasteiger partial charge in [0.25, 0.3) is 5.91 Å². The molecule has 2 aromatic rings. The molecule has 0 radical (unpaired) electrons. The van der Waals surface area contributed by atoms with E-state index in [1.54, 1.807) is 0 Å². The van der Waals surface area contributed by atoms with Crippen LogP contribution in [-0.2, 0) is 19.7 Å². The van der Waals surface area contributed by atoms with Gasteiger partial charge >= 0.3 is 0 Å². The van der Waals surface area contributed by atoms with Gasteiger partial charge in [0.05, 0.1) is 17.7 Å². The second-order valence-corrected chi connectivity index (χ2v) is 12.4. The third-order valence-corrected chi connectivity index (χ3v) is 10.9. The van der Waals surface area contributed by atoms with E-state index in [2.05, 4.69) is 19.0 Å². The van der Waals surface area contributed by atoms with Crippen molar-refractivity contribution < 1.29 is 18.0 Å². The molecule has 2 bridgehead atoms. The van der Waals surface area contributed by atoms with Crippen LogP contribution in [-0.4, -0.2) is 36.1 Å². The van der Waals surface area contributed by atoms with Gasteiger partial charge in [0.15, 0.2) is 11.8 Å². The minimum Gasteiger partial charge on any atom is -0.386 e. The molecule has 0 unspecified atom stereocenters. The van der Waals surface area contributed by atoms with Gasteiger partial charge in [0, 0.05) is 5.41 Å². The maximum absolute atomic E-state index is 14.0. The summed E-state index contributed by atoms with van der Waals surface area (Å²) in [5.41, 5.74) is 1.50. The number of rotatable bonds is 3. The summed E-state index contributed by atoms with van der Waals surface area (Å²) < 4.78 is 28.1. The van der Waals surface area contributed by atoms with Gasteiger partial charge in [-0.2, -0.15) is 0 Å². The van der Waals surface area contributed by atoms with Crippen molar-refractivity contribution in [3.8, 4) is 0 Å². The number of sulfonamides is 1. The quantitative estimate of drug-likeness (QED) is 0.680. The van der Waals surface area contributed by atoms with Crippen LogP contribution in [0.4, 0.5) is 0 Å². The van der Waals surface area contributed by atoms with Crippen LogP contribution in [0.2, 0.25) is 0 Å². The third kappa shape index (κ3) is 2.75. The largest absolute Gasteiger partial charge is 0.386 e. The molecule has 2 aliphatic heterocycles. The SMILES string of the molecule is CC1(C)[C@@H]2CC[C@]13CS(=O)(=O)N(C(=O)C1=NO[C@@H](c4ccccc4)[C@@H]1c1ccccc1)[C@@H]3C2. The minimum atomic E-state index is -3.74. The van der Waals surface area contributed by atoms with Crippen molar-refractivity contribution in [3.63, 3.8) is 0 Å². The molecular formula is C26H28N2O4S. The third-order valence-electron chi connectivity index (χ3n) is 8.98. The fourth-order valence-corrected chi connectivity index (χ4v) is 9.63. The van der Waals surface area contributed by atoms with Gasteiger partial charge in [-0.25, -0.2) is 12.7 Å². The molecule has 1 spiro atoms. The van der Waals surface area contributed by atoms with Crippen LogP contribution < -0.4 is 0 Å². The highest BCUT2D eigenvalue weighted by Gasteiger charge is 2.72.